The molecule has 0 saturated heterocycles. The lowest BCUT2D eigenvalue weighted by atomic mass is 10.2. The van der Waals surface area contributed by atoms with Gasteiger partial charge in [0.05, 0.1) is 12.2 Å². The van der Waals surface area contributed by atoms with E-state index >= 15 is 0 Å². The van der Waals surface area contributed by atoms with Crippen molar-refractivity contribution in [2.45, 2.75) is 19.0 Å². The molecule has 0 aliphatic carbocycles. The number of hydrogen-bond donors (Lipinski definition) is 1. The van der Waals surface area contributed by atoms with Gasteiger partial charge in [-0.2, -0.15) is 13.2 Å². The van der Waals surface area contributed by atoms with Crippen LogP contribution in [0.1, 0.15) is 18.4 Å². The molecule has 102 valence electrons. The minimum absolute atomic E-state index is 0.0354. The first-order valence-corrected chi connectivity index (χ1v) is 5.59. The number of alkyl halides is 3. The summed E-state index contributed by atoms with van der Waals surface area (Å²) in [7, 11) is 1.82. The van der Waals surface area contributed by atoms with Crippen LogP contribution < -0.4 is 10.1 Å². The molecule has 0 aromatic heterocycles. The number of nitrogens with one attached hydrogen (secondary N) is 1. The van der Waals surface area contributed by atoms with Crippen molar-refractivity contribution in [3.63, 3.8) is 0 Å². The van der Waals surface area contributed by atoms with E-state index in [1.807, 2.05) is 7.05 Å². The molecule has 0 unspecified atom stereocenters. The van der Waals surface area contributed by atoms with E-state index in [9.17, 15) is 17.6 Å². The van der Waals surface area contributed by atoms with E-state index in [0.717, 1.165) is 25.5 Å². The highest BCUT2D eigenvalue weighted by molar-refractivity contribution is 5.31. The summed E-state index contributed by atoms with van der Waals surface area (Å²) in [4.78, 5) is 0. The van der Waals surface area contributed by atoms with Gasteiger partial charge in [-0.1, -0.05) is 0 Å². The second kappa shape index (κ2) is 6.58. The van der Waals surface area contributed by atoms with Crippen molar-refractivity contribution in [2.24, 2.45) is 0 Å². The zero-order chi connectivity index (χ0) is 13.6. The van der Waals surface area contributed by atoms with Crippen molar-refractivity contribution in [1.29, 1.82) is 0 Å². The third-order valence-electron chi connectivity index (χ3n) is 2.33. The van der Waals surface area contributed by atoms with Crippen molar-refractivity contribution in [3.05, 3.63) is 29.6 Å². The summed E-state index contributed by atoms with van der Waals surface area (Å²) in [5.74, 6) is -1.25. The van der Waals surface area contributed by atoms with Crippen LogP contribution in [0.2, 0.25) is 0 Å². The third-order valence-corrected chi connectivity index (χ3v) is 2.33. The second-order valence-electron chi connectivity index (χ2n) is 3.80. The SMILES string of the molecule is CNCCCCOc1ccc(F)c(C(F)(F)F)c1. The Balaban J connectivity index is 2.57. The van der Waals surface area contributed by atoms with Crippen molar-refractivity contribution in [1.82, 2.24) is 5.32 Å². The lowest BCUT2D eigenvalue weighted by Gasteiger charge is -2.11. The van der Waals surface area contributed by atoms with E-state index in [1.54, 1.807) is 0 Å². The largest absolute Gasteiger partial charge is 0.494 e. The molecule has 1 aromatic rings. The normalized spacial score (nSPS) is 11.6. The molecule has 2 nitrogen and oxygen atoms in total. The molecule has 0 heterocycles. The Morgan fingerprint density at radius 1 is 1.22 bits per heavy atom. The van der Waals surface area contributed by atoms with Crippen LogP contribution in [0.25, 0.3) is 0 Å². The van der Waals surface area contributed by atoms with Gasteiger partial charge in [-0.15, -0.1) is 0 Å². The highest BCUT2D eigenvalue weighted by Gasteiger charge is 2.34. The summed E-state index contributed by atoms with van der Waals surface area (Å²) in [6.45, 7) is 1.13. The van der Waals surface area contributed by atoms with Crippen LogP contribution in [-0.4, -0.2) is 20.2 Å². The maximum Gasteiger partial charge on any atom is 0.419 e. The first-order valence-electron chi connectivity index (χ1n) is 5.59. The van der Waals surface area contributed by atoms with E-state index in [1.165, 1.54) is 6.07 Å². The molecule has 0 radical (unpaired) electrons. The Kier molecular flexibility index (Phi) is 5.40. The van der Waals surface area contributed by atoms with Gasteiger partial charge in [0.15, 0.2) is 0 Å². The maximum absolute atomic E-state index is 13.0. The average Bonchev–Trinajstić information content (AvgIpc) is 2.29. The smallest absolute Gasteiger partial charge is 0.419 e. The molecular weight excluding hydrogens is 250 g/mol. The fourth-order valence-electron chi connectivity index (χ4n) is 1.41. The fraction of sp³-hybridized carbons (Fsp3) is 0.500. The number of unbranched alkanes of at least 4 members (excludes halogenated alkanes) is 1. The van der Waals surface area contributed by atoms with Gasteiger partial charge in [-0.25, -0.2) is 4.39 Å². The minimum atomic E-state index is -4.70. The molecule has 0 atom stereocenters. The maximum atomic E-state index is 13.0. The standard InChI is InChI=1S/C12H15F4NO/c1-17-6-2-3-7-18-9-4-5-11(13)10(8-9)12(14,15)16/h4-5,8,17H,2-3,6-7H2,1H3. The van der Waals surface area contributed by atoms with E-state index in [0.29, 0.717) is 12.7 Å². The molecule has 6 heteroatoms. The number of ether oxygens (including phenoxy) is 1. The Labute approximate surface area is 103 Å². The van der Waals surface area contributed by atoms with Crippen LogP contribution in [0.4, 0.5) is 17.6 Å². The van der Waals surface area contributed by atoms with Gasteiger partial charge in [-0.05, 0) is 44.6 Å². The minimum Gasteiger partial charge on any atom is -0.494 e. The Bertz CT molecular complexity index is 379. The molecule has 0 spiro atoms. The highest BCUT2D eigenvalue weighted by Crippen LogP contribution is 2.33. The van der Waals surface area contributed by atoms with Crippen molar-refractivity contribution in [2.75, 3.05) is 20.2 Å². The van der Waals surface area contributed by atoms with Gasteiger partial charge in [0.2, 0.25) is 0 Å². The fourth-order valence-corrected chi connectivity index (χ4v) is 1.41. The summed E-state index contributed by atoms with van der Waals surface area (Å²) >= 11 is 0. The second-order valence-corrected chi connectivity index (χ2v) is 3.80. The molecule has 0 bridgehead atoms. The Morgan fingerprint density at radius 3 is 2.56 bits per heavy atom. The van der Waals surface area contributed by atoms with Crippen LogP contribution in [0.15, 0.2) is 18.2 Å². The van der Waals surface area contributed by atoms with E-state index in [-0.39, 0.29) is 5.75 Å². The lowest BCUT2D eigenvalue weighted by molar-refractivity contribution is -0.140. The summed E-state index contributed by atoms with van der Waals surface area (Å²) in [5.41, 5.74) is -1.30. The summed E-state index contributed by atoms with van der Waals surface area (Å²) in [6, 6.07) is 2.65. The average molecular weight is 265 g/mol. The number of halogens is 4. The summed E-state index contributed by atoms with van der Waals surface area (Å²) in [6.07, 6.45) is -3.11. The zero-order valence-corrected chi connectivity index (χ0v) is 9.98. The lowest BCUT2D eigenvalue weighted by Crippen LogP contribution is -2.10. The topological polar surface area (TPSA) is 21.3 Å². The van der Waals surface area contributed by atoms with Crippen molar-refractivity contribution < 1.29 is 22.3 Å². The first kappa shape index (κ1) is 14.8. The van der Waals surface area contributed by atoms with Gasteiger partial charge in [0, 0.05) is 0 Å². The molecule has 0 fully saturated rings. The van der Waals surface area contributed by atoms with Crippen LogP contribution in [0.3, 0.4) is 0 Å². The Hall–Kier alpha value is -1.30. The van der Waals surface area contributed by atoms with E-state index in [2.05, 4.69) is 5.32 Å². The highest BCUT2D eigenvalue weighted by atomic mass is 19.4. The van der Waals surface area contributed by atoms with E-state index in [4.69, 9.17) is 4.74 Å². The number of benzene rings is 1. The quantitative estimate of drug-likeness (QED) is 0.630. The van der Waals surface area contributed by atoms with Crippen molar-refractivity contribution in [3.8, 4) is 5.75 Å². The molecule has 1 rings (SSSR count). The molecule has 0 aliphatic heterocycles. The summed E-state index contributed by atoms with van der Waals surface area (Å²) in [5, 5.41) is 2.95. The van der Waals surface area contributed by atoms with Gasteiger partial charge >= 0.3 is 6.18 Å². The zero-order valence-electron chi connectivity index (χ0n) is 9.98. The predicted molar refractivity (Wildman–Crippen MR) is 60.1 cm³/mol. The molecule has 1 aromatic carbocycles. The molecule has 1 N–H and O–H groups in total. The van der Waals surface area contributed by atoms with Gasteiger partial charge in [0.25, 0.3) is 0 Å². The van der Waals surface area contributed by atoms with Crippen molar-refractivity contribution >= 4 is 0 Å². The number of hydrogen-bond acceptors (Lipinski definition) is 2. The van der Waals surface area contributed by atoms with Gasteiger partial charge in [-0.3, -0.25) is 0 Å². The Morgan fingerprint density at radius 2 is 1.94 bits per heavy atom. The van der Waals surface area contributed by atoms with Crippen LogP contribution >= 0.6 is 0 Å². The predicted octanol–water partition coefficient (Wildman–Crippen LogP) is 3.22. The van der Waals surface area contributed by atoms with E-state index < -0.39 is 17.6 Å². The van der Waals surface area contributed by atoms with Gasteiger partial charge in [0.1, 0.15) is 11.6 Å². The third kappa shape index (κ3) is 4.52. The molecular formula is C12H15F4NO. The first-order chi connectivity index (χ1) is 8.45. The van der Waals surface area contributed by atoms with Crippen LogP contribution in [-0.2, 0) is 6.18 Å². The number of rotatable bonds is 6. The van der Waals surface area contributed by atoms with Gasteiger partial charge < -0.3 is 10.1 Å². The van der Waals surface area contributed by atoms with Crippen LogP contribution in [0, 0.1) is 5.82 Å². The summed E-state index contributed by atoms with van der Waals surface area (Å²) < 4.78 is 55.4. The molecule has 18 heavy (non-hydrogen) atoms. The van der Waals surface area contributed by atoms with Crippen LogP contribution in [0.5, 0.6) is 5.75 Å². The molecule has 0 saturated carbocycles. The molecule has 0 amide bonds. The molecule has 0 aliphatic rings. The monoisotopic (exact) mass is 265 g/mol.